The number of benzene rings is 2. The van der Waals surface area contributed by atoms with E-state index in [9.17, 15) is 4.79 Å². The maximum absolute atomic E-state index is 13.5. The minimum atomic E-state index is 0.0999. The van der Waals surface area contributed by atoms with Gasteiger partial charge in [0.25, 0.3) is 5.91 Å². The van der Waals surface area contributed by atoms with Gasteiger partial charge in [-0.15, -0.1) is 11.8 Å². The van der Waals surface area contributed by atoms with Crippen molar-refractivity contribution < 1.29 is 4.79 Å². The van der Waals surface area contributed by atoms with E-state index in [2.05, 4.69) is 37.6 Å². The molecule has 1 aliphatic heterocycles. The summed E-state index contributed by atoms with van der Waals surface area (Å²) in [5.41, 5.74) is 2.53. The van der Waals surface area contributed by atoms with Gasteiger partial charge < -0.3 is 10.2 Å². The lowest BCUT2D eigenvalue weighted by Crippen LogP contribution is -2.42. The number of para-hydroxylation sites is 1. The molecule has 4 rings (SSSR count). The summed E-state index contributed by atoms with van der Waals surface area (Å²) in [7, 11) is 0. The van der Waals surface area contributed by atoms with E-state index in [4.69, 9.17) is 4.98 Å². The SMILES string of the molecule is CSc1cccc(Nc2cc(C(=O)N3C[C@@H](C)C[C@H](C)C3)c3ccccc3n2)c1. The number of piperidine rings is 1. The number of thioether (sulfide) groups is 1. The molecule has 2 heterocycles. The number of hydrogen-bond donors (Lipinski definition) is 1. The Hall–Kier alpha value is -2.53. The number of aromatic nitrogens is 1. The summed E-state index contributed by atoms with van der Waals surface area (Å²) in [6.45, 7) is 6.09. The van der Waals surface area contributed by atoms with Crippen molar-refractivity contribution in [2.24, 2.45) is 11.8 Å². The lowest BCUT2D eigenvalue weighted by Gasteiger charge is -2.35. The number of rotatable bonds is 4. The van der Waals surface area contributed by atoms with Gasteiger partial charge in [0.1, 0.15) is 5.82 Å². The number of carbonyl (C=O) groups is 1. The van der Waals surface area contributed by atoms with Crippen molar-refractivity contribution in [3.63, 3.8) is 0 Å². The van der Waals surface area contributed by atoms with Crippen LogP contribution < -0.4 is 5.32 Å². The quantitative estimate of drug-likeness (QED) is 0.556. The van der Waals surface area contributed by atoms with Crippen molar-refractivity contribution in [3.05, 3.63) is 60.2 Å². The monoisotopic (exact) mass is 405 g/mol. The van der Waals surface area contributed by atoms with Gasteiger partial charge in [-0.1, -0.05) is 38.1 Å². The largest absolute Gasteiger partial charge is 0.340 e. The number of anilines is 2. The van der Waals surface area contributed by atoms with E-state index in [1.807, 2.05) is 47.4 Å². The van der Waals surface area contributed by atoms with E-state index in [1.54, 1.807) is 11.8 Å². The van der Waals surface area contributed by atoms with Crippen molar-refractivity contribution in [1.82, 2.24) is 9.88 Å². The standard InChI is InChI=1S/C24H27N3OS/c1-16-11-17(2)15-27(14-16)24(28)21-13-23(26-22-10-5-4-9-20(21)22)25-18-7-6-8-19(12-18)29-3/h4-10,12-13,16-17H,11,14-15H2,1-3H3,(H,25,26)/t16-,17-/m0/s1. The van der Waals surface area contributed by atoms with Crippen LogP contribution in [0.2, 0.25) is 0 Å². The number of hydrogen-bond acceptors (Lipinski definition) is 4. The number of carbonyl (C=O) groups excluding carboxylic acids is 1. The molecule has 3 aromatic rings. The van der Waals surface area contributed by atoms with E-state index in [0.29, 0.717) is 17.7 Å². The summed E-state index contributed by atoms with van der Waals surface area (Å²) in [6.07, 6.45) is 3.24. The van der Waals surface area contributed by atoms with E-state index in [1.165, 1.54) is 11.3 Å². The van der Waals surface area contributed by atoms with Gasteiger partial charge in [-0.05, 0) is 54.8 Å². The number of fused-ring (bicyclic) bond motifs is 1. The van der Waals surface area contributed by atoms with Gasteiger partial charge in [0.05, 0.1) is 11.1 Å². The molecular weight excluding hydrogens is 378 g/mol. The van der Waals surface area contributed by atoms with Crippen LogP contribution in [0.4, 0.5) is 11.5 Å². The van der Waals surface area contributed by atoms with Crippen LogP contribution in [0.5, 0.6) is 0 Å². The highest BCUT2D eigenvalue weighted by atomic mass is 32.2. The summed E-state index contributed by atoms with van der Waals surface area (Å²) >= 11 is 1.70. The van der Waals surface area contributed by atoms with Gasteiger partial charge >= 0.3 is 0 Å². The molecule has 0 saturated carbocycles. The van der Waals surface area contributed by atoms with Crippen LogP contribution in [-0.4, -0.2) is 35.1 Å². The number of nitrogens with one attached hydrogen (secondary N) is 1. The molecule has 1 aromatic heterocycles. The maximum atomic E-state index is 13.5. The van der Waals surface area contributed by atoms with Crippen LogP contribution in [0.1, 0.15) is 30.6 Å². The highest BCUT2D eigenvalue weighted by Crippen LogP contribution is 2.28. The van der Waals surface area contributed by atoms with E-state index in [0.717, 1.165) is 35.2 Å². The third-order valence-corrected chi connectivity index (χ3v) is 6.17. The molecular formula is C24H27N3OS. The van der Waals surface area contributed by atoms with Crippen molar-refractivity contribution in [2.45, 2.75) is 25.2 Å². The predicted octanol–water partition coefficient (Wildman–Crippen LogP) is 5.82. The first-order valence-corrected chi connectivity index (χ1v) is 11.4. The van der Waals surface area contributed by atoms with Gasteiger partial charge in [-0.3, -0.25) is 4.79 Å². The number of pyridine rings is 1. The van der Waals surface area contributed by atoms with Crippen LogP contribution >= 0.6 is 11.8 Å². The molecule has 2 aromatic carbocycles. The molecule has 0 spiro atoms. The first kappa shape index (κ1) is 19.8. The molecule has 5 heteroatoms. The molecule has 1 amide bonds. The summed E-state index contributed by atoms with van der Waals surface area (Å²) < 4.78 is 0. The Morgan fingerprint density at radius 3 is 2.59 bits per heavy atom. The summed E-state index contributed by atoms with van der Waals surface area (Å²) in [4.78, 5) is 21.4. The zero-order valence-corrected chi connectivity index (χ0v) is 18.0. The Morgan fingerprint density at radius 1 is 1.07 bits per heavy atom. The fraction of sp³-hybridized carbons (Fsp3) is 0.333. The Kier molecular flexibility index (Phi) is 5.76. The maximum Gasteiger partial charge on any atom is 0.254 e. The number of amides is 1. The summed E-state index contributed by atoms with van der Waals surface area (Å²) in [6, 6.07) is 18.0. The van der Waals surface area contributed by atoms with Crippen LogP contribution in [0, 0.1) is 11.8 Å². The molecule has 150 valence electrons. The average Bonchev–Trinajstić information content (AvgIpc) is 2.72. The molecule has 4 nitrogen and oxygen atoms in total. The van der Waals surface area contributed by atoms with Gasteiger partial charge in [0.2, 0.25) is 0 Å². The second-order valence-corrected chi connectivity index (χ2v) is 8.96. The molecule has 0 unspecified atom stereocenters. The molecule has 2 atom stereocenters. The zero-order chi connectivity index (χ0) is 20.4. The van der Waals surface area contributed by atoms with Crippen LogP contribution in [0.15, 0.2) is 59.5 Å². The lowest BCUT2D eigenvalue weighted by atomic mass is 9.91. The molecule has 29 heavy (non-hydrogen) atoms. The fourth-order valence-electron chi connectivity index (χ4n) is 4.26. The lowest BCUT2D eigenvalue weighted by molar-refractivity contribution is 0.0625. The average molecular weight is 406 g/mol. The predicted molar refractivity (Wildman–Crippen MR) is 122 cm³/mol. The number of likely N-dealkylation sites (tertiary alicyclic amines) is 1. The van der Waals surface area contributed by atoms with Crippen molar-refractivity contribution in [2.75, 3.05) is 24.7 Å². The van der Waals surface area contributed by atoms with Crippen LogP contribution in [0.3, 0.4) is 0 Å². The second-order valence-electron chi connectivity index (χ2n) is 8.09. The van der Waals surface area contributed by atoms with Gasteiger partial charge in [-0.25, -0.2) is 4.98 Å². The van der Waals surface area contributed by atoms with Crippen LogP contribution in [0.25, 0.3) is 10.9 Å². The molecule has 1 aliphatic rings. The van der Waals surface area contributed by atoms with E-state index < -0.39 is 0 Å². The third kappa shape index (κ3) is 4.40. The number of nitrogens with zero attached hydrogens (tertiary/aromatic N) is 2. The van der Waals surface area contributed by atoms with Crippen molar-refractivity contribution in [3.8, 4) is 0 Å². The van der Waals surface area contributed by atoms with Gasteiger partial charge in [0, 0.05) is 29.1 Å². The Labute approximate surface area is 176 Å². The summed E-state index contributed by atoms with van der Waals surface area (Å²) in [5.74, 6) is 1.86. The molecule has 0 radical (unpaired) electrons. The normalized spacial score (nSPS) is 19.3. The molecule has 1 N–H and O–H groups in total. The fourth-order valence-corrected chi connectivity index (χ4v) is 4.72. The van der Waals surface area contributed by atoms with Crippen molar-refractivity contribution >= 4 is 40.1 Å². The zero-order valence-electron chi connectivity index (χ0n) is 17.2. The smallest absolute Gasteiger partial charge is 0.254 e. The first-order valence-electron chi connectivity index (χ1n) is 10.1. The highest BCUT2D eigenvalue weighted by Gasteiger charge is 2.27. The topological polar surface area (TPSA) is 45.2 Å². The summed E-state index contributed by atoms with van der Waals surface area (Å²) in [5, 5.41) is 4.30. The highest BCUT2D eigenvalue weighted by molar-refractivity contribution is 7.98. The molecule has 0 bridgehead atoms. The van der Waals surface area contributed by atoms with Crippen LogP contribution in [-0.2, 0) is 0 Å². The van der Waals surface area contributed by atoms with E-state index in [-0.39, 0.29) is 5.91 Å². The third-order valence-electron chi connectivity index (χ3n) is 5.44. The molecule has 0 aliphatic carbocycles. The van der Waals surface area contributed by atoms with Gasteiger partial charge in [0.15, 0.2) is 0 Å². The second kappa shape index (κ2) is 8.46. The minimum absolute atomic E-state index is 0.0999. The molecule has 1 saturated heterocycles. The van der Waals surface area contributed by atoms with Crippen molar-refractivity contribution in [1.29, 1.82) is 0 Å². The molecule has 1 fully saturated rings. The van der Waals surface area contributed by atoms with E-state index >= 15 is 0 Å². The Morgan fingerprint density at radius 2 is 1.83 bits per heavy atom. The Balaban J connectivity index is 1.71. The first-order chi connectivity index (χ1) is 14.0. The minimum Gasteiger partial charge on any atom is -0.340 e. The Bertz CT molecular complexity index is 1030. The van der Waals surface area contributed by atoms with Gasteiger partial charge in [-0.2, -0.15) is 0 Å².